The molecule has 0 heterocycles. The highest BCUT2D eigenvalue weighted by Crippen LogP contribution is 2.20. The standard InChI is InChI=1S/C13H20N2O2/c1-3-7-15-12(16)9-14-8-11-6-4-5-10(2)13(11)17/h4-6,14,17H,3,7-9H2,1-2H3,(H,15,16). The van der Waals surface area contributed by atoms with Gasteiger partial charge in [-0.25, -0.2) is 0 Å². The lowest BCUT2D eigenvalue weighted by Crippen LogP contribution is -2.33. The average molecular weight is 236 g/mol. The van der Waals surface area contributed by atoms with Gasteiger partial charge in [-0.15, -0.1) is 0 Å². The van der Waals surface area contributed by atoms with Gasteiger partial charge in [0.25, 0.3) is 0 Å². The number of aryl methyl sites for hydroxylation is 1. The van der Waals surface area contributed by atoms with Gasteiger partial charge in [-0.2, -0.15) is 0 Å². The topological polar surface area (TPSA) is 61.4 Å². The normalized spacial score (nSPS) is 10.2. The Labute approximate surface area is 102 Å². The quantitative estimate of drug-likeness (QED) is 0.698. The molecule has 94 valence electrons. The maximum Gasteiger partial charge on any atom is 0.233 e. The number of para-hydroxylation sites is 1. The molecule has 0 aliphatic heterocycles. The second-order valence-corrected chi connectivity index (χ2v) is 4.04. The number of phenolic OH excluding ortho intramolecular Hbond substituents is 1. The van der Waals surface area contributed by atoms with Crippen molar-refractivity contribution < 1.29 is 9.90 Å². The second-order valence-electron chi connectivity index (χ2n) is 4.04. The molecule has 0 saturated carbocycles. The van der Waals surface area contributed by atoms with Gasteiger partial charge in [0.05, 0.1) is 6.54 Å². The number of amides is 1. The number of rotatable bonds is 6. The lowest BCUT2D eigenvalue weighted by molar-refractivity contribution is -0.120. The second kappa shape index (κ2) is 6.91. The van der Waals surface area contributed by atoms with Crippen LogP contribution in [0.5, 0.6) is 5.75 Å². The fourth-order valence-electron chi connectivity index (χ4n) is 1.50. The van der Waals surface area contributed by atoms with E-state index in [4.69, 9.17) is 0 Å². The Hall–Kier alpha value is -1.55. The van der Waals surface area contributed by atoms with Crippen molar-refractivity contribution in [3.63, 3.8) is 0 Å². The Bertz CT molecular complexity index is 378. The smallest absolute Gasteiger partial charge is 0.233 e. The van der Waals surface area contributed by atoms with E-state index >= 15 is 0 Å². The van der Waals surface area contributed by atoms with Crippen molar-refractivity contribution in [3.8, 4) is 5.75 Å². The molecule has 1 rings (SSSR count). The van der Waals surface area contributed by atoms with Crippen LogP contribution in [-0.2, 0) is 11.3 Å². The monoisotopic (exact) mass is 236 g/mol. The van der Waals surface area contributed by atoms with E-state index in [1.165, 1.54) is 0 Å². The van der Waals surface area contributed by atoms with Crippen molar-refractivity contribution in [2.45, 2.75) is 26.8 Å². The molecule has 3 N–H and O–H groups in total. The molecular formula is C13H20N2O2. The fourth-order valence-corrected chi connectivity index (χ4v) is 1.50. The van der Waals surface area contributed by atoms with Crippen molar-refractivity contribution in [2.75, 3.05) is 13.1 Å². The lowest BCUT2D eigenvalue weighted by Gasteiger charge is -2.08. The molecular weight excluding hydrogens is 216 g/mol. The van der Waals surface area contributed by atoms with Gasteiger partial charge in [0.2, 0.25) is 5.91 Å². The zero-order valence-corrected chi connectivity index (χ0v) is 10.4. The summed E-state index contributed by atoms with van der Waals surface area (Å²) >= 11 is 0. The highest BCUT2D eigenvalue weighted by molar-refractivity contribution is 5.77. The molecule has 1 aromatic carbocycles. The van der Waals surface area contributed by atoms with Gasteiger partial charge >= 0.3 is 0 Å². The number of aromatic hydroxyl groups is 1. The number of carbonyl (C=O) groups is 1. The predicted molar refractivity (Wildman–Crippen MR) is 67.9 cm³/mol. The van der Waals surface area contributed by atoms with E-state index in [0.717, 1.165) is 17.5 Å². The zero-order valence-electron chi connectivity index (χ0n) is 10.4. The molecule has 1 aromatic rings. The Morgan fingerprint density at radius 1 is 1.41 bits per heavy atom. The van der Waals surface area contributed by atoms with Crippen LogP contribution in [0.2, 0.25) is 0 Å². The van der Waals surface area contributed by atoms with Gasteiger partial charge < -0.3 is 15.7 Å². The van der Waals surface area contributed by atoms with Gasteiger partial charge in [0.1, 0.15) is 5.75 Å². The van der Waals surface area contributed by atoms with Crippen LogP contribution in [0, 0.1) is 6.92 Å². The summed E-state index contributed by atoms with van der Waals surface area (Å²) in [7, 11) is 0. The Morgan fingerprint density at radius 3 is 2.88 bits per heavy atom. The highest BCUT2D eigenvalue weighted by atomic mass is 16.3. The number of hydrogen-bond donors (Lipinski definition) is 3. The summed E-state index contributed by atoms with van der Waals surface area (Å²) in [6.07, 6.45) is 0.935. The third-order valence-corrected chi connectivity index (χ3v) is 2.49. The molecule has 0 spiro atoms. The van der Waals surface area contributed by atoms with E-state index in [9.17, 15) is 9.90 Å². The molecule has 0 aliphatic carbocycles. The third-order valence-electron chi connectivity index (χ3n) is 2.49. The van der Waals surface area contributed by atoms with Crippen LogP contribution in [0.25, 0.3) is 0 Å². The molecule has 0 unspecified atom stereocenters. The summed E-state index contributed by atoms with van der Waals surface area (Å²) in [6.45, 7) is 5.34. The van der Waals surface area contributed by atoms with Crippen LogP contribution in [0.15, 0.2) is 18.2 Å². The molecule has 0 aliphatic rings. The number of nitrogens with one attached hydrogen (secondary N) is 2. The Kier molecular flexibility index (Phi) is 5.49. The van der Waals surface area contributed by atoms with Crippen LogP contribution < -0.4 is 10.6 Å². The van der Waals surface area contributed by atoms with Crippen molar-refractivity contribution in [2.24, 2.45) is 0 Å². The highest BCUT2D eigenvalue weighted by Gasteiger charge is 2.04. The van der Waals surface area contributed by atoms with Crippen molar-refractivity contribution in [1.29, 1.82) is 0 Å². The van der Waals surface area contributed by atoms with Gasteiger partial charge in [-0.3, -0.25) is 4.79 Å². The fraction of sp³-hybridized carbons (Fsp3) is 0.462. The van der Waals surface area contributed by atoms with E-state index in [1.54, 1.807) is 0 Å². The predicted octanol–water partition coefficient (Wildman–Crippen LogP) is 1.32. The summed E-state index contributed by atoms with van der Waals surface area (Å²) in [5, 5.41) is 15.6. The van der Waals surface area contributed by atoms with Crippen LogP contribution in [-0.4, -0.2) is 24.1 Å². The van der Waals surface area contributed by atoms with Crippen molar-refractivity contribution in [1.82, 2.24) is 10.6 Å². The maximum atomic E-state index is 11.3. The van der Waals surface area contributed by atoms with Crippen molar-refractivity contribution in [3.05, 3.63) is 29.3 Å². The molecule has 17 heavy (non-hydrogen) atoms. The summed E-state index contributed by atoms with van der Waals surface area (Å²) in [6, 6.07) is 5.59. The Balaban J connectivity index is 2.36. The van der Waals surface area contributed by atoms with Crippen LogP contribution in [0.1, 0.15) is 24.5 Å². The van der Waals surface area contributed by atoms with E-state index in [2.05, 4.69) is 10.6 Å². The molecule has 0 radical (unpaired) electrons. The van der Waals surface area contributed by atoms with Crippen molar-refractivity contribution >= 4 is 5.91 Å². The third kappa shape index (κ3) is 4.44. The maximum absolute atomic E-state index is 11.3. The van der Waals surface area contributed by atoms with Crippen LogP contribution >= 0.6 is 0 Å². The molecule has 4 nitrogen and oxygen atoms in total. The van der Waals surface area contributed by atoms with E-state index < -0.39 is 0 Å². The molecule has 0 saturated heterocycles. The first-order chi connectivity index (χ1) is 8.15. The van der Waals surface area contributed by atoms with Gasteiger partial charge in [0.15, 0.2) is 0 Å². The van der Waals surface area contributed by atoms with Gasteiger partial charge in [-0.05, 0) is 18.9 Å². The molecule has 0 fully saturated rings. The van der Waals surface area contributed by atoms with E-state index in [-0.39, 0.29) is 12.5 Å². The largest absolute Gasteiger partial charge is 0.507 e. The summed E-state index contributed by atoms with van der Waals surface area (Å²) in [4.78, 5) is 11.3. The lowest BCUT2D eigenvalue weighted by atomic mass is 10.1. The first-order valence-corrected chi connectivity index (χ1v) is 5.90. The average Bonchev–Trinajstić information content (AvgIpc) is 2.32. The number of benzene rings is 1. The molecule has 4 heteroatoms. The minimum atomic E-state index is -0.0148. The zero-order chi connectivity index (χ0) is 12.7. The molecule has 0 atom stereocenters. The summed E-state index contributed by atoms with van der Waals surface area (Å²) < 4.78 is 0. The SMILES string of the molecule is CCCNC(=O)CNCc1cccc(C)c1O. The molecule has 1 amide bonds. The number of phenols is 1. The van der Waals surface area contributed by atoms with E-state index in [0.29, 0.717) is 18.8 Å². The first-order valence-electron chi connectivity index (χ1n) is 5.90. The minimum Gasteiger partial charge on any atom is -0.507 e. The van der Waals surface area contributed by atoms with Gasteiger partial charge in [-0.1, -0.05) is 25.1 Å². The van der Waals surface area contributed by atoms with Crippen LogP contribution in [0.3, 0.4) is 0 Å². The molecule has 0 bridgehead atoms. The number of carbonyl (C=O) groups excluding carboxylic acids is 1. The number of hydrogen-bond acceptors (Lipinski definition) is 3. The summed E-state index contributed by atoms with van der Waals surface area (Å²) in [5.74, 6) is 0.285. The first kappa shape index (κ1) is 13.5. The van der Waals surface area contributed by atoms with E-state index in [1.807, 2.05) is 32.0 Å². The molecule has 0 aromatic heterocycles. The Morgan fingerprint density at radius 2 is 2.18 bits per heavy atom. The minimum absolute atomic E-state index is 0.0148. The van der Waals surface area contributed by atoms with Crippen LogP contribution in [0.4, 0.5) is 0 Å². The summed E-state index contributed by atoms with van der Waals surface area (Å²) in [5.41, 5.74) is 1.66. The van der Waals surface area contributed by atoms with Gasteiger partial charge in [0, 0.05) is 18.7 Å².